The predicted octanol–water partition coefficient (Wildman–Crippen LogP) is 2.21. The van der Waals surface area contributed by atoms with Gasteiger partial charge in [0.25, 0.3) is 0 Å². The van der Waals surface area contributed by atoms with Gasteiger partial charge in [0.1, 0.15) is 5.75 Å². The molecule has 1 aromatic rings. The summed E-state index contributed by atoms with van der Waals surface area (Å²) >= 11 is 0. The van der Waals surface area contributed by atoms with Crippen LogP contribution in [0.3, 0.4) is 0 Å². The smallest absolute Gasteiger partial charge is 0.219 e. The summed E-state index contributed by atoms with van der Waals surface area (Å²) in [5.74, 6) is 1.36. The first kappa shape index (κ1) is 17.1. The number of hydrogen-bond donors (Lipinski definition) is 2. The molecule has 23 heavy (non-hydrogen) atoms. The minimum Gasteiger partial charge on any atom is -0.491 e. The van der Waals surface area contributed by atoms with Crippen molar-refractivity contribution in [2.45, 2.75) is 45.8 Å². The number of rotatable bonds is 4. The number of piperidine rings is 1. The highest BCUT2D eigenvalue weighted by atomic mass is 16.5. The maximum Gasteiger partial charge on any atom is 0.219 e. The molecule has 126 valence electrons. The van der Waals surface area contributed by atoms with E-state index in [0.29, 0.717) is 5.96 Å². The third-order valence-electron chi connectivity index (χ3n) is 3.73. The molecule has 0 radical (unpaired) electrons. The first-order valence-corrected chi connectivity index (χ1v) is 8.06. The standard InChI is InChI=1S/C17H26N4O2/c1-12(2)23-16-6-4-14(5-7-16)19-17(18)20-15-8-10-21(11-9-15)13(3)22/h4-7,12,15H,8-11H2,1-3H3,(H3,18,19,20). The van der Waals surface area contributed by atoms with E-state index < -0.39 is 0 Å². The SMILES string of the molecule is CC(=O)N1CCC(N=C(N)Nc2ccc(OC(C)C)cc2)CC1. The Morgan fingerprint density at radius 2 is 1.91 bits per heavy atom. The van der Waals surface area contributed by atoms with E-state index in [1.54, 1.807) is 6.92 Å². The maximum absolute atomic E-state index is 11.3. The highest BCUT2D eigenvalue weighted by molar-refractivity contribution is 5.92. The number of aliphatic imine (C=N–C) groups is 1. The Morgan fingerprint density at radius 3 is 2.43 bits per heavy atom. The van der Waals surface area contributed by atoms with Gasteiger partial charge in [-0.15, -0.1) is 0 Å². The summed E-state index contributed by atoms with van der Waals surface area (Å²) in [7, 11) is 0. The van der Waals surface area contributed by atoms with Gasteiger partial charge in [0, 0.05) is 25.7 Å². The molecule has 2 rings (SSSR count). The Hall–Kier alpha value is -2.24. The average Bonchev–Trinajstić information content (AvgIpc) is 2.49. The summed E-state index contributed by atoms with van der Waals surface area (Å²) in [6.07, 6.45) is 1.85. The van der Waals surface area contributed by atoms with Crippen molar-refractivity contribution >= 4 is 17.6 Å². The van der Waals surface area contributed by atoms with Gasteiger partial charge in [0.15, 0.2) is 5.96 Å². The molecule has 0 unspecified atom stereocenters. The van der Waals surface area contributed by atoms with E-state index in [9.17, 15) is 4.79 Å². The van der Waals surface area contributed by atoms with Crippen LogP contribution in [0.4, 0.5) is 5.69 Å². The second-order valence-electron chi connectivity index (χ2n) is 6.07. The van der Waals surface area contributed by atoms with Gasteiger partial charge in [-0.2, -0.15) is 0 Å². The van der Waals surface area contributed by atoms with Crippen LogP contribution in [0.25, 0.3) is 0 Å². The molecule has 6 nitrogen and oxygen atoms in total. The van der Waals surface area contributed by atoms with Crippen molar-refractivity contribution in [3.05, 3.63) is 24.3 Å². The molecule has 1 aromatic carbocycles. The van der Waals surface area contributed by atoms with Gasteiger partial charge in [-0.1, -0.05) is 0 Å². The monoisotopic (exact) mass is 318 g/mol. The number of ether oxygens (including phenoxy) is 1. The van der Waals surface area contributed by atoms with Crippen LogP contribution in [0.1, 0.15) is 33.6 Å². The van der Waals surface area contributed by atoms with Crippen molar-refractivity contribution in [1.29, 1.82) is 0 Å². The Bertz CT molecular complexity index is 546. The van der Waals surface area contributed by atoms with E-state index in [2.05, 4.69) is 10.3 Å². The first-order valence-electron chi connectivity index (χ1n) is 8.06. The molecule has 1 aliphatic heterocycles. The zero-order valence-corrected chi connectivity index (χ0v) is 14.1. The average molecular weight is 318 g/mol. The Kier molecular flexibility index (Phi) is 5.84. The van der Waals surface area contributed by atoms with Gasteiger partial charge in [0.05, 0.1) is 12.1 Å². The number of nitrogens with zero attached hydrogens (tertiary/aromatic N) is 2. The molecule has 0 bridgehead atoms. The van der Waals surface area contributed by atoms with Crippen molar-refractivity contribution in [2.75, 3.05) is 18.4 Å². The van der Waals surface area contributed by atoms with Gasteiger partial charge in [-0.25, -0.2) is 4.99 Å². The predicted molar refractivity (Wildman–Crippen MR) is 92.7 cm³/mol. The zero-order chi connectivity index (χ0) is 16.8. The van der Waals surface area contributed by atoms with Gasteiger partial charge in [-0.05, 0) is 51.0 Å². The van der Waals surface area contributed by atoms with E-state index in [-0.39, 0.29) is 18.1 Å². The number of guanidine groups is 1. The number of anilines is 1. The van der Waals surface area contributed by atoms with Gasteiger partial charge in [-0.3, -0.25) is 4.79 Å². The van der Waals surface area contributed by atoms with Crippen molar-refractivity contribution in [2.24, 2.45) is 10.7 Å². The number of hydrogen-bond acceptors (Lipinski definition) is 3. The topological polar surface area (TPSA) is 80.0 Å². The Labute approximate surface area is 137 Å². The van der Waals surface area contributed by atoms with Crippen molar-refractivity contribution < 1.29 is 9.53 Å². The summed E-state index contributed by atoms with van der Waals surface area (Å²) in [4.78, 5) is 17.7. The van der Waals surface area contributed by atoms with Gasteiger partial charge in [0.2, 0.25) is 5.91 Å². The lowest BCUT2D eigenvalue weighted by molar-refractivity contribution is -0.129. The van der Waals surface area contributed by atoms with Crippen LogP contribution in [0, 0.1) is 0 Å². The fourth-order valence-corrected chi connectivity index (χ4v) is 2.58. The van der Waals surface area contributed by atoms with Crippen molar-refractivity contribution in [3.63, 3.8) is 0 Å². The summed E-state index contributed by atoms with van der Waals surface area (Å²) in [6.45, 7) is 7.09. The van der Waals surface area contributed by atoms with Crippen LogP contribution in [0.5, 0.6) is 5.75 Å². The molecule has 6 heteroatoms. The minimum absolute atomic E-state index is 0.127. The third kappa shape index (κ3) is 5.47. The largest absolute Gasteiger partial charge is 0.491 e. The molecular weight excluding hydrogens is 292 g/mol. The lowest BCUT2D eigenvalue weighted by Gasteiger charge is -2.29. The van der Waals surface area contributed by atoms with E-state index in [4.69, 9.17) is 10.5 Å². The van der Waals surface area contributed by atoms with Crippen molar-refractivity contribution in [1.82, 2.24) is 4.90 Å². The number of nitrogens with two attached hydrogens (primary N) is 1. The van der Waals surface area contributed by atoms with Crippen LogP contribution in [0.2, 0.25) is 0 Å². The molecule has 0 aromatic heterocycles. The summed E-state index contributed by atoms with van der Waals surface area (Å²) in [6, 6.07) is 7.81. The molecular formula is C17H26N4O2. The number of benzene rings is 1. The van der Waals surface area contributed by atoms with E-state index in [0.717, 1.165) is 37.4 Å². The van der Waals surface area contributed by atoms with Crippen LogP contribution < -0.4 is 15.8 Å². The highest BCUT2D eigenvalue weighted by Crippen LogP contribution is 2.17. The van der Waals surface area contributed by atoms with E-state index in [1.165, 1.54) is 0 Å². The molecule has 0 atom stereocenters. The van der Waals surface area contributed by atoms with Gasteiger partial charge < -0.3 is 20.7 Å². The second-order valence-corrected chi connectivity index (χ2v) is 6.07. The lowest BCUT2D eigenvalue weighted by atomic mass is 10.1. The molecule has 1 amide bonds. The molecule has 3 N–H and O–H groups in total. The maximum atomic E-state index is 11.3. The quantitative estimate of drug-likeness (QED) is 0.659. The summed E-state index contributed by atoms with van der Waals surface area (Å²) in [5.41, 5.74) is 6.86. The Morgan fingerprint density at radius 1 is 1.30 bits per heavy atom. The number of carbonyl (C=O) groups excluding carboxylic acids is 1. The van der Waals surface area contributed by atoms with Crippen LogP contribution in [-0.2, 0) is 4.79 Å². The van der Waals surface area contributed by atoms with Crippen LogP contribution >= 0.6 is 0 Å². The molecule has 0 saturated carbocycles. The minimum atomic E-state index is 0.127. The summed E-state index contributed by atoms with van der Waals surface area (Å²) < 4.78 is 5.60. The number of amides is 1. The van der Waals surface area contributed by atoms with Crippen LogP contribution in [0.15, 0.2) is 29.3 Å². The normalized spacial score (nSPS) is 16.5. The molecule has 0 spiro atoms. The number of likely N-dealkylation sites (tertiary alicyclic amines) is 1. The van der Waals surface area contributed by atoms with Crippen LogP contribution in [-0.4, -0.2) is 42.0 Å². The first-order chi connectivity index (χ1) is 10.9. The molecule has 1 heterocycles. The number of carbonyl (C=O) groups is 1. The molecule has 0 aliphatic carbocycles. The number of nitrogens with one attached hydrogen (secondary N) is 1. The third-order valence-corrected chi connectivity index (χ3v) is 3.73. The summed E-state index contributed by atoms with van der Waals surface area (Å²) in [5, 5.41) is 3.10. The highest BCUT2D eigenvalue weighted by Gasteiger charge is 2.20. The Balaban J connectivity index is 1.86. The lowest BCUT2D eigenvalue weighted by Crippen LogP contribution is -2.39. The fraction of sp³-hybridized carbons (Fsp3) is 0.529. The van der Waals surface area contributed by atoms with E-state index in [1.807, 2.05) is 43.0 Å². The second kappa shape index (κ2) is 7.85. The zero-order valence-electron chi connectivity index (χ0n) is 14.1. The fourth-order valence-electron chi connectivity index (χ4n) is 2.58. The molecule has 1 aliphatic rings. The molecule has 1 fully saturated rings. The van der Waals surface area contributed by atoms with E-state index >= 15 is 0 Å². The molecule has 1 saturated heterocycles. The van der Waals surface area contributed by atoms with Crippen molar-refractivity contribution in [3.8, 4) is 5.75 Å². The van der Waals surface area contributed by atoms with Gasteiger partial charge >= 0.3 is 0 Å².